The molecular formula is C25H34O. The third kappa shape index (κ3) is 4.95. The van der Waals surface area contributed by atoms with Gasteiger partial charge in [0.25, 0.3) is 0 Å². The molecule has 1 aliphatic carbocycles. The number of aryl methyl sites for hydroxylation is 1. The van der Waals surface area contributed by atoms with E-state index in [1.807, 2.05) is 13.8 Å². The maximum atomic E-state index is 8.92. The number of aliphatic hydroxyl groups excluding tert-OH is 1. The van der Waals surface area contributed by atoms with Crippen molar-refractivity contribution in [3.63, 3.8) is 0 Å². The van der Waals surface area contributed by atoms with E-state index in [4.69, 9.17) is 5.11 Å². The zero-order valence-electron chi connectivity index (χ0n) is 16.8. The first-order chi connectivity index (χ1) is 12.7. The molecule has 1 N–H and O–H groups in total. The van der Waals surface area contributed by atoms with Crippen molar-refractivity contribution in [1.82, 2.24) is 0 Å². The molecule has 0 atom stereocenters. The SMILES string of the molecule is C=C.C=C1CC=C(CCCCCO)c2ccc3cccc(C)c3c21.CC. The highest BCUT2D eigenvalue weighted by molar-refractivity contribution is 6.02. The van der Waals surface area contributed by atoms with Gasteiger partial charge in [-0.1, -0.05) is 63.3 Å². The lowest BCUT2D eigenvalue weighted by molar-refractivity contribution is 0.283. The van der Waals surface area contributed by atoms with Crippen molar-refractivity contribution >= 4 is 21.9 Å². The van der Waals surface area contributed by atoms with Gasteiger partial charge in [0, 0.05) is 6.61 Å². The van der Waals surface area contributed by atoms with Gasteiger partial charge in [-0.3, -0.25) is 0 Å². The van der Waals surface area contributed by atoms with Crippen LogP contribution in [0, 0.1) is 6.92 Å². The summed E-state index contributed by atoms with van der Waals surface area (Å²) in [5, 5.41) is 11.6. The Morgan fingerprint density at radius 3 is 2.42 bits per heavy atom. The molecule has 3 rings (SSSR count). The van der Waals surface area contributed by atoms with Gasteiger partial charge in [-0.05, 0) is 71.2 Å². The Morgan fingerprint density at radius 1 is 1.00 bits per heavy atom. The van der Waals surface area contributed by atoms with Crippen molar-refractivity contribution in [3.05, 3.63) is 72.8 Å². The Bertz CT molecular complexity index is 752. The Kier molecular flexibility index (Phi) is 9.69. The molecule has 26 heavy (non-hydrogen) atoms. The van der Waals surface area contributed by atoms with Gasteiger partial charge in [0.1, 0.15) is 0 Å². The van der Waals surface area contributed by atoms with Crippen molar-refractivity contribution < 1.29 is 5.11 Å². The number of rotatable bonds is 5. The van der Waals surface area contributed by atoms with Crippen LogP contribution in [0.15, 0.2) is 56.1 Å². The molecule has 0 saturated heterocycles. The highest BCUT2D eigenvalue weighted by Crippen LogP contribution is 2.40. The molecule has 2 aromatic rings. The Labute approximate surface area is 159 Å². The molecule has 0 aromatic heterocycles. The molecule has 0 amide bonds. The minimum atomic E-state index is 0.302. The molecule has 0 spiro atoms. The van der Waals surface area contributed by atoms with E-state index in [-0.39, 0.29) is 0 Å². The average Bonchev–Trinajstić information content (AvgIpc) is 2.70. The highest BCUT2D eigenvalue weighted by atomic mass is 16.2. The van der Waals surface area contributed by atoms with E-state index in [9.17, 15) is 0 Å². The van der Waals surface area contributed by atoms with E-state index < -0.39 is 0 Å². The summed E-state index contributed by atoms with van der Waals surface area (Å²) < 4.78 is 0. The standard InChI is InChI=1S/C21H24O.C2H6.C2H4/c1-15-7-6-9-18-12-13-19-17(8-4-3-5-14-22)11-10-16(2)21(19)20(15)18;2*1-2/h6-7,9,11-13,22H,2-5,8,10,14H2,1H3;1-2H3;1-2H2. The van der Waals surface area contributed by atoms with Gasteiger partial charge in [0.15, 0.2) is 0 Å². The molecule has 2 aromatic carbocycles. The molecule has 0 radical (unpaired) electrons. The van der Waals surface area contributed by atoms with Gasteiger partial charge in [0.2, 0.25) is 0 Å². The normalized spacial score (nSPS) is 12.3. The maximum Gasteiger partial charge on any atom is 0.0431 e. The third-order valence-corrected chi connectivity index (χ3v) is 4.65. The lowest BCUT2D eigenvalue weighted by atomic mass is 9.82. The van der Waals surface area contributed by atoms with Crippen molar-refractivity contribution in [3.8, 4) is 0 Å². The van der Waals surface area contributed by atoms with Crippen molar-refractivity contribution in [2.24, 2.45) is 0 Å². The minimum absolute atomic E-state index is 0.302. The van der Waals surface area contributed by atoms with Gasteiger partial charge >= 0.3 is 0 Å². The molecule has 0 bridgehead atoms. The van der Waals surface area contributed by atoms with Crippen LogP contribution in [-0.2, 0) is 0 Å². The minimum Gasteiger partial charge on any atom is -0.396 e. The molecule has 0 fully saturated rings. The smallest absolute Gasteiger partial charge is 0.0431 e. The van der Waals surface area contributed by atoms with Crippen LogP contribution < -0.4 is 0 Å². The second kappa shape index (κ2) is 11.5. The summed E-state index contributed by atoms with van der Waals surface area (Å²) in [5.41, 5.74) is 6.73. The summed E-state index contributed by atoms with van der Waals surface area (Å²) in [6, 6.07) is 11.0. The summed E-state index contributed by atoms with van der Waals surface area (Å²) >= 11 is 0. The van der Waals surface area contributed by atoms with E-state index in [1.165, 1.54) is 38.6 Å². The number of aliphatic hydroxyl groups is 1. The van der Waals surface area contributed by atoms with Crippen LogP contribution in [0.3, 0.4) is 0 Å². The van der Waals surface area contributed by atoms with Crippen LogP contribution in [0.25, 0.3) is 21.9 Å². The van der Waals surface area contributed by atoms with Crippen molar-refractivity contribution in [1.29, 1.82) is 0 Å². The average molecular weight is 351 g/mol. The fraction of sp³-hybridized carbons (Fsp3) is 0.360. The first kappa shape index (κ1) is 21.9. The second-order valence-corrected chi connectivity index (χ2v) is 6.23. The Balaban J connectivity index is 0.000000791. The van der Waals surface area contributed by atoms with E-state index in [1.54, 1.807) is 0 Å². The molecule has 1 aliphatic rings. The zero-order valence-corrected chi connectivity index (χ0v) is 16.8. The molecule has 0 aliphatic heterocycles. The van der Waals surface area contributed by atoms with Crippen molar-refractivity contribution in [2.45, 2.75) is 52.9 Å². The van der Waals surface area contributed by atoms with E-state index in [0.717, 1.165) is 32.1 Å². The molecule has 0 saturated carbocycles. The van der Waals surface area contributed by atoms with E-state index >= 15 is 0 Å². The number of benzene rings is 2. The van der Waals surface area contributed by atoms with E-state index in [2.05, 4.69) is 63.1 Å². The maximum absolute atomic E-state index is 8.92. The second-order valence-electron chi connectivity index (χ2n) is 6.23. The number of fused-ring (bicyclic) bond motifs is 3. The summed E-state index contributed by atoms with van der Waals surface area (Å²) in [6.07, 6.45) is 7.53. The lowest BCUT2D eigenvalue weighted by Gasteiger charge is -2.23. The molecule has 0 heterocycles. The van der Waals surface area contributed by atoms with Gasteiger partial charge in [-0.15, -0.1) is 13.2 Å². The van der Waals surface area contributed by atoms with Crippen LogP contribution in [0.5, 0.6) is 0 Å². The summed E-state index contributed by atoms with van der Waals surface area (Å²) in [6.45, 7) is 16.8. The predicted octanol–water partition coefficient (Wildman–Crippen LogP) is 7.33. The van der Waals surface area contributed by atoms with Gasteiger partial charge < -0.3 is 5.11 Å². The number of allylic oxidation sites excluding steroid dienone is 3. The van der Waals surface area contributed by atoms with Crippen molar-refractivity contribution in [2.75, 3.05) is 6.61 Å². The number of hydrogen-bond acceptors (Lipinski definition) is 1. The van der Waals surface area contributed by atoms with Crippen LogP contribution in [0.1, 0.15) is 62.6 Å². The molecule has 1 heteroatoms. The van der Waals surface area contributed by atoms with E-state index in [0.29, 0.717) is 6.61 Å². The zero-order chi connectivity index (χ0) is 19.5. The van der Waals surface area contributed by atoms with Crippen LogP contribution in [0.2, 0.25) is 0 Å². The Morgan fingerprint density at radius 2 is 1.73 bits per heavy atom. The largest absolute Gasteiger partial charge is 0.396 e. The lowest BCUT2D eigenvalue weighted by Crippen LogP contribution is -2.01. The summed E-state index contributed by atoms with van der Waals surface area (Å²) in [5.74, 6) is 0. The first-order valence-corrected chi connectivity index (χ1v) is 9.73. The molecule has 1 nitrogen and oxygen atoms in total. The molecular weight excluding hydrogens is 316 g/mol. The third-order valence-electron chi connectivity index (χ3n) is 4.65. The summed E-state index contributed by atoms with van der Waals surface area (Å²) in [4.78, 5) is 0. The highest BCUT2D eigenvalue weighted by Gasteiger charge is 2.18. The first-order valence-electron chi connectivity index (χ1n) is 9.73. The number of unbranched alkanes of at least 4 members (excludes halogenated alkanes) is 2. The predicted molar refractivity (Wildman–Crippen MR) is 118 cm³/mol. The topological polar surface area (TPSA) is 20.2 Å². The van der Waals surface area contributed by atoms with Gasteiger partial charge in [-0.2, -0.15) is 0 Å². The van der Waals surface area contributed by atoms with Crippen LogP contribution >= 0.6 is 0 Å². The fourth-order valence-electron chi connectivity index (χ4n) is 3.50. The summed E-state index contributed by atoms with van der Waals surface area (Å²) in [7, 11) is 0. The van der Waals surface area contributed by atoms with Gasteiger partial charge in [0.05, 0.1) is 0 Å². The fourth-order valence-corrected chi connectivity index (χ4v) is 3.50. The van der Waals surface area contributed by atoms with Crippen LogP contribution in [-0.4, -0.2) is 11.7 Å². The monoisotopic (exact) mass is 350 g/mol. The Hall–Kier alpha value is -2.12. The van der Waals surface area contributed by atoms with Crippen LogP contribution in [0.4, 0.5) is 0 Å². The molecule has 140 valence electrons. The van der Waals surface area contributed by atoms with Gasteiger partial charge in [-0.25, -0.2) is 0 Å². The molecule has 0 unspecified atom stereocenters. The quantitative estimate of drug-likeness (QED) is 0.442. The number of hydrogen-bond donors (Lipinski definition) is 1.